The number of piperazine rings is 1. The van der Waals surface area contributed by atoms with Gasteiger partial charge in [-0.1, -0.05) is 43.7 Å². The van der Waals surface area contributed by atoms with Crippen LogP contribution in [0.3, 0.4) is 0 Å². The van der Waals surface area contributed by atoms with Gasteiger partial charge in [0.15, 0.2) is 5.82 Å². The highest BCUT2D eigenvalue weighted by Gasteiger charge is 2.59. The van der Waals surface area contributed by atoms with Gasteiger partial charge in [-0.05, 0) is 27.2 Å². The standard InChI is InChI=1S/C35H49N6O10P/c1-5-9-19-48-34(44)40-17-15-39(16-18-40)33(43)28(23-52(46,49-7-3)50-8-4)37-32(42)27-20-29(38-31(36-27)24-13-11-10-12-14-24)41-21-25-26(22-41)30(25)51-35(45)47-6-2/h10-14,20,25-26,28,30H,5-9,15-19,21-23H2,1-4H3,(H,37,42)/t25-,26+,28-,30+/m0/s1. The van der Waals surface area contributed by atoms with Crippen molar-refractivity contribution in [2.75, 3.05) is 76.8 Å². The van der Waals surface area contributed by atoms with Gasteiger partial charge in [-0.25, -0.2) is 19.6 Å². The number of aromatic nitrogens is 2. The monoisotopic (exact) mass is 744 g/mol. The lowest BCUT2D eigenvalue weighted by atomic mass is 10.2. The van der Waals surface area contributed by atoms with Gasteiger partial charge in [0.25, 0.3) is 5.91 Å². The van der Waals surface area contributed by atoms with Crippen LogP contribution in [-0.4, -0.2) is 128 Å². The molecule has 0 unspecified atom stereocenters. The molecule has 0 radical (unpaired) electrons. The molecule has 1 aliphatic carbocycles. The molecule has 1 saturated carbocycles. The van der Waals surface area contributed by atoms with Crippen molar-refractivity contribution in [3.05, 3.63) is 42.1 Å². The first-order valence-corrected chi connectivity index (χ1v) is 19.7. The van der Waals surface area contributed by atoms with E-state index in [1.165, 1.54) is 4.90 Å². The van der Waals surface area contributed by atoms with Gasteiger partial charge >= 0.3 is 19.8 Å². The lowest BCUT2D eigenvalue weighted by Gasteiger charge is -2.36. The van der Waals surface area contributed by atoms with E-state index >= 15 is 0 Å². The Kier molecular flexibility index (Phi) is 13.5. The minimum absolute atomic E-state index is 0.00356. The summed E-state index contributed by atoms with van der Waals surface area (Å²) in [7, 11) is -3.81. The average Bonchev–Trinajstić information content (AvgIpc) is 3.55. The predicted octanol–water partition coefficient (Wildman–Crippen LogP) is 4.20. The van der Waals surface area contributed by atoms with Crippen molar-refractivity contribution in [1.29, 1.82) is 0 Å². The van der Waals surface area contributed by atoms with Crippen LogP contribution in [0.1, 0.15) is 51.0 Å². The van der Waals surface area contributed by atoms with E-state index in [2.05, 4.69) is 10.3 Å². The van der Waals surface area contributed by atoms with Gasteiger partial charge in [-0.2, -0.15) is 0 Å². The van der Waals surface area contributed by atoms with E-state index in [9.17, 15) is 23.7 Å². The van der Waals surface area contributed by atoms with E-state index < -0.39 is 43.9 Å². The fourth-order valence-electron chi connectivity index (χ4n) is 6.43. The summed E-state index contributed by atoms with van der Waals surface area (Å²) < 4.78 is 40.5. The number of unbranched alkanes of at least 4 members (excludes halogenated alkanes) is 1. The van der Waals surface area contributed by atoms with Crippen molar-refractivity contribution in [2.24, 2.45) is 11.8 Å². The molecule has 52 heavy (non-hydrogen) atoms. The molecular weight excluding hydrogens is 695 g/mol. The highest BCUT2D eigenvalue weighted by atomic mass is 31.2. The van der Waals surface area contributed by atoms with Crippen molar-refractivity contribution in [3.8, 4) is 11.4 Å². The minimum Gasteiger partial charge on any atom is -0.449 e. The van der Waals surface area contributed by atoms with E-state index in [0.717, 1.165) is 12.8 Å². The van der Waals surface area contributed by atoms with Crippen molar-refractivity contribution in [3.63, 3.8) is 0 Å². The Morgan fingerprint density at radius 2 is 1.54 bits per heavy atom. The van der Waals surface area contributed by atoms with Gasteiger partial charge in [0, 0.05) is 62.7 Å². The Morgan fingerprint density at radius 1 is 0.885 bits per heavy atom. The molecule has 1 aromatic heterocycles. The lowest BCUT2D eigenvalue weighted by Crippen LogP contribution is -2.57. The number of hydrogen-bond donors (Lipinski definition) is 1. The molecule has 1 N–H and O–H groups in total. The Bertz CT molecular complexity index is 1590. The molecule has 4 atom stereocenters. The van der Waals surface area contributed by atoms with Crippen LogP contribution in [0.4, 0.5) is 15.4 Å². The van der Waals surface area contributed by atoms with Crippen molar-refractivity contribution in [2.45, 2.75) is 52.7 Å². The quantitative estimate of drug-likeness (QED) is 0.147. The van der Waals surface area contributed by atoms with Crippen molar-refractivity contribution < 1.29 is 47.0 Å². The third-order valence-corrected chi connectivity index (χ3v) is 11.3. The van der Waals surface area contributed by atoms with E-state index in [0.29, 0.717) is 36.9 Å². The molecule has 2 aromatic rings. The number of nitrogens with zero attached hydrogens (tertiary/aromatic N) is 5. The molecule has 3 fully saturated rings. The van der Waals surface area contributed by atoms with Gasteiger partial charge in [-0.15, -0.1) is 0 Å². The summed E-state index contributed by atoms with van der Waals surface area (Å²) in [4.78, 5) is 66.9. The molecule has 5 rings (SSSR count). The molecule has 3 heterocycles. The number of amides is 3. The van der Waals surface area contributed by atoms with Crippen LogP contribution in [0, 0.1) is 11.8 Å². The zero-order valence-corrected chi connectivity index (χ0v) is 31.1. The molecule has 3 amide bonds. The molecular formula is C35H49N6O10P. The van der Waals surface area contributed by atoms with E-state index in [1.807, 2.05) is 42.2 Å². The van der Waals surface area contributed by atoms with Gasteiger partial charge in [0.05, 0.1) is 32.6 Å². The Morgan fingerprint density at radius 3 is 2.15 bits per heavy atom. The molecule has 2 saturated heterocycles. The number of piperidine rings is 1. The van der Waals surface area contributed by atoms with Crippen LogP contribution >= 0.6 is 7.60 Å². The number of fused-ring (bicyclic) bond motifs is 1. The van der Waals surface area contributed by atoms with Gasteiger partial charge in [0.1, 0.15) is 23.7 Å². The Labute approximate surface area is 304 Å². The predicted molar refractivity (Wildman–Crippen MR) is 190 cm³/mol. The fraction of sp³-hybridized carbons (Fsp3) is 0.600. The summed E-state index contributed by atoms with van der Waals surface area (Å²) in [6.45, 7) is 9.72. The first kappa shape index (κ1) is 38.9. The third-order valence-electron chi connectivity index (χ3n) is 9.15. The summed E-state index contributed by atoms with van der Waals surface area (Å²) >= 11 is 0. The maximum atomic E-state index is 14.1. The second-order valence-electron chi connectivity index (χ2n) is 12.7. The Balaban J connectivity index is 1.35. The van der Waals surface area contributed by atoms with E-state index in [-0.39, 0.29) is 69.6 Å². The number of benzene rings is 1. The maximum absolute atomic E-state index is 14.1. The first-order valence-electron chi connectivity index (χ1n) is 18.0. The summed E-state index contributed by atoms with van der Waals surface area (Å²) in [5.41, 5.74) is 0.686. The summed E-state index contributed by atoms with van der Waals surface area (Å²) in [6, 6.07) is 9.47. The lowest BCUT2D eigenvalue weighted by molar-refractivity contribution is -0.134. The zero-order valence-electron chi connectivity index (χ0n) is 30.2. The summed E-state index contributed by atoms with van der Waals surface area (Å²) in [5, 5.41) is 2.78. The normalized spacial score (nSPS) is 20.2. The maximum Gasteiger partial charge on any atom is 0.508 e. The van der Waals surface area contributed by atoms with E-state index in [1.54, 1.807) is 31.7 Å². The minimum atomic E-state index is -3.81. The third kappa shape index (κ3) is 9.78. The number of nitrogens with one attached hydrogen (secondary N) is 1. The van der Waals surface area contributed by atoms with Crippen LogP contribution in [0.15, 0.2) is 36.4 Å². The SMILES string of the molecule is CCCCOC(=O)N1CCN(C(=O)[C@H](CP(=O)(OCC)OCC)NC(=O)c2cc(N3C[C@@H]4[C@H](C3)[C@H]4OC(=O)OCC)nc(-c3ccccc3)n2)CC1. The average molecular weight is 745 g/mol. The highest BCUT2D eigenvalue weighted by molar-refractivity contribution is 7.54. The number of rotatable bonds is 16. The number of hydrogen-bond acceptors (Lipinski definition) is 13. The van der Waals surface area contributed by atoms with Crippen molar-refractivity contribution >= 4 is 37.5 Å². The molecule has 1 aromatic carbocycles. The largest absolute Gasteiger partial charge is 0.508 e. The molecule has 16 nitrogen and oxygen atoms in total. The van der Waals surface area contributed by atoms with Crippen LogP contribution in [0.25, 0.3) is 11.4 Å². The fourth-order valence-corrected chi connectivity index (χ4v) is 8.19. The smallest absolute Gasteiger partial charge is 0.449 e. The van der Waals surface area contributed by atoms with Crippen molar-refractivity contribution in [1.82, 2.24) is 25.1 Å². The van der Waals surface area contributed by atoms with Gasteiger partial charge in [0.2, 0.25) is 5.91 Å². The number of anilines is 1. The second kappa shape index (κ2) is 18.0. The van der Waals surface area contributed by atoms with Crippen LogP contribution in [-0.2, 0) is 32.6 Å². The zero-order chi connectivity index (χ0) is 37.3. The molecule has 0 bridgehead atoms. The van der Waals surface area contributed by atoms with E-state index in [4.69, 9.17) is 28.2 Å². The molecule has 3 aliphatic rings. The highest BCUT2D eigenvalue weighted by Crippen LogP contribution is 2.50. The number of carbonyl (C=O) groups is 4. The molecule has 17 heteroatoms. The summed E-state index contributed by atoms with van der Waals surface area (Å²) in [6.07, 6.45) is -0.103. The molecule has 0 spiro atoms. The molecule has 2 aliphatic heterocycles. The number of ether oxygens (including phenoxy) is 3. The van der Waals surface area contributed by atoms with Crippen LogP contribution in [0.5, 0.6) is 0 Å². The molecule has 284 valence electrons. The van der Waals surface area contributed by atoms with Crippen LogP contribution < -0.4 is 10.2 Å². The Hall–Kier alpha value is -4.27. The number of carbonyl (C=O) groups excluding carboxylic acids is 4. The second-order valence-corrected chi connectivity index (χ2v) is 14.8. The first-order chi connectivity index (χ1) is 25.1. The van der Waals surface area contributed by atoms with Gasteiger partial charge in [-0.3, -0.25) is 14.2 Å². The van der Waals surface area contributed by atoms with Crippen LogP contribution in [0.2, 0.25) is 0 Å². The topological polar surface area (TPSA) is 179 Å². The van der Waals surface area contributed by atoms with Gasteiger partial charge < -0.3 is 43.3 Å². The summed E-state index contributed by atoms with van der Waals surface area (Å²) in [5.74, 6) is -0.156.